The van der Waals surface area contributed by atoms with Gasteiger partial charge < -0.3 is 9.88 Å². The number of carbonyl (C=O) groups is 1. The van der Waals surface area contributed by atoms with E-state index in [1.165, 1.54) is 10.7 Å². The average molecular weight is 468 g/mol. The predicted octanol–water partition coefficient (Wildman–Crippen LogP) is 4.01. The highest BCUT2D eigenvalue weighted by atomic mass is 19.1. The number of fused-ring (bicyclic) bond motifs is 1. The minimum atomic E-state index is -0.446. The number of imidazole rings is 1. The largest absolute Gasteiger partial charge is 0.347 e. The molecule has 0 aliphatic carbocycles. The summed E-state index contributed by atoms with van der Waals surface area (Å²) < 4.78 is 17.7. The second-order valence-corrected chi connectivity index (χ2v) is 8.16. The van der Waals surface area contributed by atoms with Crippen molar-refractivity contribution in [1.29, 1.82) is 0 Å². The van der Waals surface area contributed by atoms with E-state index in [0.717, 1.165) is 5.56 Å². The summed E-state index contributed by atoms with van der Waals surface area (Å²) in [6.45, 7) is 2.14. The summed E-state index contributed by atoms with van der Waals surface area (Å²) in [5.74, 6) is -0.190. The van der Waals surface area contributed by atoms with Gasteiger partial charge in [-0.1, -0.05) is 54.6 Å². The van der Waals surface area contributed by atoms with Gasteiger partial charge in [-0.25, -0.2) is 14.1 Å². The molecule has 0 atom stereocenters. The van der Waals surface area contributed by atoms with Gasteiger partial charge in [0.2, 0.25) is 0 Å². The van der Waals surface area contributed by atoms with E-state index in [-0.39, 0.29) is 24.3 Å². The Kier molecular flexibility index (Phi) is 5.93. The molecule has 2 heterocycles. The Morgan fingerprint density at radius 1 is 0.971 bits per heavy atom. The van der Waals surface area contributed by atoms with Gasteiger partial charge in [0.1, 0.15) is 11.6 Å². The quantitative estimate of drug-likeness (QED) is 0.409. The molecular weight excluding hydrogens is 445 g/mol. The number of nitrogens with zero attached hydrogens (tertiary/aromatic N) is 4. The van der Waals surface area contributed by atoms with Gasteiger partial charge >= 0.3 is 0 Å². The fourth-order valence-electron chi connectivity index (χ4n) is 4.02. The standard InChI is InChI=1S/C27H22FN5O2/c1-18-29-13-14-32(18)24-12-11-20(15-23(24)28)16-30-26(34)25-21-9-5-6-10-22(21)27(35)33(31-25)17-19-7-3-2-4-8-19/h2-15H,16-17H2,1H3,(H,30,34). The van der Waals surface area contributed by atoms with Crippen molar-refractivity contribution in [3.05, 3.63) is 124 Å². The van der Waals surface area contributed by atoms with E-state index in [0.29, 0.717) is 27.8 Å². The second kappa shape index (κ2) is 9.34. The topological polar surface area (TPSA) is 81.8 Å². The van der Waals surface area contributed by atoms with Crippen LogP contribution >= 0.6 is 0 Å². The van der Waals surface area contributed by atoms with E-state index >= 15 is 0 Å². The maximum atomic E-state index is 14.7. The molecule has 0 spiro atoms. The van der Waals surface area contributed by atoms with Crippen LogP contribution in [0.5, 0.6) is 0 Å². The van der Waals surface area contributed by atoms with Crippen LogP contribution in [0.3, 0.4) is 0 Å². The number of nitrogens with one attached hydrogen (secondary N) is 1. The fourth-order valence-corrected chi connectivity index (χ4v) is 4.02. The molecule has 1 N–H and O–H groups in total. The molecular formula is C27H22FN5O2. The average Bonchev–Trinajstić information content (AvgIpc) is 3.30. The molecule has 0 aliphatic heterocycles. The molecule has 0 fully saturated rings. The maximum Gasteiger partial charge on any atom is 0.274 e. The molecule has 0 unspecified atom stereocenters. The van der Waals surface area contributed by atoms with Gasteiger partial charge in [0.05, 0.1) is 17.6 Å². The molecule has 7 nitrogen and oxygen atoms in total. The van der Waals surface area contributed by atoms with Crippen LogP contribution in [0.1, 0.15) is 27.4 Å². The van der Waals surface area contributed by atoms with Crippen molar-refractivity contribution in [2.24, 2.45) is 0 Å². The first kappa shape index (κ1) is 22.2. The van der Waals surface area contributed by atoms with Crippen LogP contribution in [0, 0.1) is 12.7 Å². The van der Waals surface area contributed by atoms with Gasteiger partial charge in [-0.2, -0.15) is 5.10 Å². The Morgan fingerprint density at radius 3 is 2.43 bits per heavy atom. The van der Waals surface area contributed by atoms with Crippen LogP contribution in [0.2, 0.25) is 0 Å². The lowest BCUT2D eigenvalue weighted by molar-refractivity contribution is 0.0945. The zero-order valence-electron chi connectivity index (χ0n) is 19.0. The summed E-state index contributed by atoms with van der Waals surface area (Å²) >= 11 is 0. The van der Waals surface area contributed by atoms with Gasteiger partial charge in [-0.3, -0.25) is 9.59 Å². The molecule has 5 rings (SSSR count). The van der Waals surface area contributed by atoms with E-state index in [1.54, 1.807) is 60.3 Å². The van der Waals surface area contributed by atoms with Crippen LogP contribution < -0.4 is 10.9 Å². The van der Waals surface area contributed by atoms with Crippen LogP contribution in [0.4, 0.5) is 4.39 Å². The number of carbonyl (C=O) groups excluding carboxylic acids is 1. The first-order valence-electron chi connectivity index (χ1n) is 11.1. The highest BCUT2D eigenvalue weighted by molar-refractivity contribution is 6.04. The van der Waals surface area contributed by atoms with Crippen molar-refractivity contribution in [2.75, 3.05) is 0 Å². The van der Waals surface area contributed by atoms with Gasteiger partial charge in [0.25, 0.3) is 11.5 Å². The molecule has 35 heavy (non-hydrogen) atoms. The predicted molar refractivity (Wildman–Crippen MR) is 131 cm³/mol. The fraction of sp³-hybridized carbons (Fsp3) is 0.111. The number of amides is 1. The van der Waals surface area contributed by atoms with Crippen molar-refractivity contribution in [2.45, 2.75) is 20.0 Å². The van der Waals surface area contributed by atoms with Crippen molar-refractivity contribution >= 4 is 16.7 Å². The number of halogens is 1. The summed E-state index contributed by atoms with van der Waals surface area (Å²) in [6, 6.07) is 21.1. The molecule has 0 bridgehead atoms. The van der Waals surface area contributed by atoms with E-state index < -0.39 is 11.7 Å². The third kappa shape index (κ3) is 4.46. The maximum absolute atomic E-state index is 14.7. The molecule has 0 radical (unpaired) electrons. The zero-order valence-corrected chi connectivity index (χ0v) is 19.0. The van der Waals surface area contributed by atoms with Gasteiger partial charge in [-0.05, 0) is 36.2 Å². The minimum absolute atomic E-state index is 0.104. The van der Waals surface area contributed by atoms with E-state index in [4.69, 9.17) is 0 Å². The molecule has 1 amide bonds. The normalized spacial score (nSPS) is 11.0. The minimum Gasteiger partial charge on any atom is -0.347 e. The summed E-state index contributed by atoms with van der Waals surface area (Å²) in [6.07, 6.45) is 3.30. The first-order chi connectivity index (χ1) is 17.0. The van der Waals surface area contributed by atoms with E-state index in [9.17, 15) is 14.0 Å². The van der Waals surface area contributed by atoms with Crippen LogP contribution in [0.25, 0.3) is 16.5 Å². The highest BCUT2D eigenvalue weighted by Crippen LogP contribution is 2.18. The molecule has 174 valence electrons. The Bertz CT molecular complexity index is 1590. The molecule has 0 saturated heterocycles. The van der Waals surface area contributed by atoms with Crippen LogP contribution in [-0.2, 0) is 13.1 Å². The third-order valence-corrected chi connectivity index (χ3v) is 5.81. The number of hydrogen-bond acceptors (Lipinski definition) is 4. The highest BCUT2D eigenvalue weighted by Gasteiger charge is 2.17. The summed E-state index contributed by atoms with van der Waals surface area (Å²) in [5.41, 5.74) is 1.75. The van der Waals surface area contributed by atoms with Crippen LogP contribution in [0.15, 0.2) is 90.0 Å². The SMILES string of the molecule is Cc1nccn1-c1ccc(CNC(=O)c2nn(Cc3ccccc3)c(=O)c3ccccc23)cc1F. The Balaban J connectivity index is 1.42. The van der Waals surface area contributed by atoms with E-state index in [2.05, 4.69) is 15.4 Å². The van der Waals surface area contributed by atoms with Crippen molar-refractivity contribution in [3.63, 3.8) is 0 Å². The lowest BCUT2D eigenvalue weighted by Crippen LogP contribution is -2.30. The van der Waals surface area contributed by atoms with Crippen molar-refractivity contribution in [1.82, 2.24) is 24.6 Å². The molecule has 0 saturated carbocycles. The lowest BCUT2D eigenvalue weighted by Gasteiger charge is -2.12. The van der Waals surface area contributed by atoms with Gasteiger partial charge in [0.15, 0.2) is 5.69 Å². The number of aromatic nitrogens is 4. The van der Waals surface area contributed by atoms with Crippen molar-refractivity contribution in [3.8, 4) is 5.69 Å². The molecule has 8 heteroatoms. The lowest BCUT2D eigenvalue weighted by atomic mass is 10.1. The van der Waals surface area contributed by atoms with Gasteiger partial charge in [0, 0.05) is 24.3 Å². The number of benzene rings is 3. The molecule has 2 aromatic heterocycles. The number of hydrogen-bond donors (Lipinski definition) is 1. The number of rotatable bonds is 6. The Labute approximate surface area is 200 Å². The summed E-state index contributed by atoms with van der Waals surface area (Å²) in [4.78, 5) is 30.3. The smallest absolute Gasteiger partial charge is 0.274 e. The van der Waals surface area contributed by atoms with Crippen molar-refractivity contribution < 1.29 is 9.18 Å². The molecule has 5 aromatic rings. The summed E-state index contributed by atoms with van der Waals surface area (Å²) in [5, 5.41) is 8.08. The molecule has 3 aromatic carbocycles. The van der Waals surface area contributed by atoms with Gasteiger partial charge in [-0.15, -0.1) is 0 Å². The first-order valence-corrected chi connectivity index (χ1v) is 11.1. The summed E-state index contributed by atoms with van der Waals surface area (Å²) in [7, 11) is 0. The van der Waals surface area contributed by atoms with E-state index in [1.807, 2.05) is 30.3 Å². The van der Waals surface area contributed by atoms with Crippen LogP contribution in [-0.4, -0.2) is 25.2 Å². The number of aryl methyl sites for hydroxylation is 1. The third-order valence-electron chi connectivity index (χ3n) is 5.81. The Hall–Kier alpha value is -4.59. The molecule has 0 aliphatic rings. The second-order valence-electron chi connectivity index (χ2n) is 8.16. The Morgan fingerprint density at radius 2 is 1.71 bits per heavy atom. The monoisotopic (exact) mass is 467 g/mol. The zero-order chi connectivity index (χ0) is 24.4.